The fourth-order valence-electron chi connectivity index (χ4n) is 2.95. The first-order valence-corrected chi connectivity index (χ1v) is 9.83. The van der Waals surface area contributed by atoms with E-state index >= 15 is 0 Å². The number of hydrogen-bond donors (Lipinski definition) is 1. The van der Waals surface area contributed by atoms with Crippen LogP contribution in [-0.4, -0.2) is 28.0 Å². The molecule has 1 amide bonds. The summed E-state index contributed by atoms with van der Waals surface area (Å²) in [6, 6.07) is 10.2. The van der Waals surface area contributed by atoms with Crippen molar-refractivity contribution in [2.45, 2.75) is 27.3 Å². The van der Waals surface area contributed by atoms with E-state index in [9.17, 15) is 14.4 Å². The summed E-state index contributed by atoms with van der Waals surface area (Å²) >= 11 is 3.40. The number of benzene rings is 2. The first-order valence-electron chi connectivity index (χ1n) is 9.04. The third-order valence-electron chi connectivity index (χ3n) is 4.44. The molecular weight excluding hydrogens is 438 g/mol. The SMILES string of the molecule is CCn1c(=O)c(C)nc2cc(C(=O)OCC(=O)Nc3ccc(Br)c(C)c3)ccc21. The summed E-state index contributed by atoms with van der Waals surface area (Å²) in [5.41, 5.74) is 3.22. The van der Waals surface area contributed by atoms with Crippen LogP contribution in [0, 0.1) is 13.8 Å². The van der Waals surface area contributed by atoms with Crippen molar-refractivity contribution in [3.8, 4) is 0 Å². The lowest BCUT2D eigenvalue weighted by molar-refractivity contribution is -0.119. The predicted molar refractivity (Wildman–Crippen MR) is 114 cm³/mol. The van der Waals surface area contributed by atoms with Crippen LogP contribution in [0.25, 0.3) is 11.0 Å². The van der Waals surface area contributed by atoms with E-state index < -0.39 is 18.5 Å². The number of anilines is 1. The first kappa shape index (κ1) is 20.7. The molecule has 1 heterocycles. The summed E-state index contributed by atoms with van der Waals surface area (Å²) in [6.45, 7) is 5.50. The van der Waals surface area contributed by atoms with Crippen molar-refractivity contribution in [1.29, 1.82) is 0 Å². The molecule has 0 spiro atoms. The van der Waals surface area contributed by atoms with E-state index in [1.807, 2.05) is 26.0 Å². The number of nitrogens with zero attached hydrogens (tertiary/aromatic N) is 2. The molecule has 3 aromatic rings. The molecule has 150 valence electrons. The molecule has 8 heteroatoms. The largest absolute Gasteiger partial charge is 0.452 e. The molecule has 0 fully saturated rings. The molecule has 0 unspecified atom stereocenters. The number of aryl methyl sites for hydroxylation is 3. The Morgan fingerprint density at radius 1 is 1.17 bits per heavy atom. The first-order chi connectivity index (χ1) is 13.8. The average molecular weight is 458 g/mol. The second-order valence-corrected chi connectivity index (χ2v) is 7.39. The van der Waals surface area contributed by atoms with E-state index in [-0.39, 0.29) is 11.1 Å². The second-order valence-electron chi connectivity index (χ2n) is 6.54. The van der Waals surface area contributed by atoms with E-state index in [0.717, 1.165) is 10.0 Å². The molecule has 0 bridgehead atoms. The summed E-state index contributed by atoms with van der Waals surface area (Å²) in [4.78, 5) is 40.8. The van der Waals surface area contributed by atoms with Gasteiger partial charge in [0.2, 0.25) is 0 Å². The summed E-state index contributed by atoms with van der Waals surface area (Å²) in [5, 5.41) is 2.69. The molecule has 3 rings (SSSR count). The van der Waals surface area contributed by atoms with E-state index in [2.05, 4.69) is 26.2 Å². The lowest BCUT2D eigenvalue weighted by Gasteiger charge is -2.10. The molecule has 7 nitrogen and oxygen atoms in total. The number of nitrogens with one attached hydrogen (secondary N) is 1. The van der Waals surface area contributed by atoms with Crippen LogP contribution in [0.3, 0.4) is 0 Å². The zero-order valence-corrected chi connectivity index (χ0v) is 17.9. The Hall–Kier alpha value is -3.00. The number of ether oxygens (including phenoxy) is 1. The number of aromatic nitrogens is 2. The van der Waals surface area contributed by atoms with Crippen LogP contribution in [0.15, 0.2) is 45.7 Å². The van der Waals surface area contributed by atoms with Crippen LogP contribution in [0.5, 0.6) is 0 Å². The molecule has 2 aromatic carbocycles. The van der Waals surface area contributed by atoms with Gasteiger partial charge in [-0.2, -0.15) is 0 Å². The van der Waals surface area contributed by atoms with Crippen LogP contribution in [0.2, 0.25) is 0 Å². The minimum atomic E-state index is -0.636. The number of carbonyl (C=O) groups is 2. The molecule has 0 aliphatic rings. The summed E-state index contributed by atoms with van der Waals surface area (Å²) < 4.78 is 7.66. The van der Waals surface area contributed by atoms with Crippen molar-refractivity contribution < 1.29 is 14.3 Å². The molecule has 0 aliphatic carbocycles. The van der Waals surface area contributed by atoms with Gasteiger partial charge in [-0.3, -0.25) is 9.59 Å². The summed E-state index contributed by atoms with van der Waals surface area (Å²) in [6.07, 6.45) is 0. The Balaban J connectivity index is 1.71. The van der Waals surface area contributed by atoms with Gasteiger partial charge in [-0.05, 0) is 62.7 Å². The highest BCUT2D eigenvalue weighted by Gasteiger charge is 2.14. The molecule has 0 aliphatic heterocycles. The lowest BCUT2D eigenvalue weighted by atomic mass is 10.2. The maximum Gasteiger partial charge on any atom is 0.338 e. The van der Waals surface area contributed by atoms with Gasteiger partial charge < -0.3 is 14.6 Å². The highest BCUT2D eigenvalue weighted by molar-refractivity contribution is 9.10. The molecule has 0 saturated carbocycles. The Morgan fingerprint density at radius 2 is 1.93 bits per heavy atom. The smallest absolute Gasteiger partial charge is 0.338 e. The highest BCUT2D eigenvalue weighted by Crippen LogP contribution is 2.20. The van der Waals surface area contributed by atoms with E-state index in [0.29, 0.717) is 29.0 Å². The number of halogens is 1. The Kier molecular flexibility index (Phi) is 6.12. The highest BCUT2D eigenvalue weighted by atomic mass is 79.9. The Labute approximate surface area is 175 Å². The molecule has 1 aromatic heterocycles. The van der Waals surface area contributed by atoms with Crippen molar-refractivity contribution in [2.75, 3.05) is 11.9 Å². The van der Waals surface area contributed by atoms with Crippen LogP contribution < -0.4 is 10.9 Å². The fourth-order valence-corrected chi connectivity index (χ4v) is 3.20. The maximum atomic E-state index is 12.3. The number of hydrogen-bond acceptors (Lipinski definition) is 5. The van der Waals surface area contributed by atoms with Gasteiger partial charge in [0, 0.05) is 16.7 Å². The summed E-state index contributed by atoms with van der Waals surface area (Å²) in [5.74, 6) is -1.07. The topological polar surface area (TPSA) is 90.3 Å². The Morgan fingerprint density at radius 3 is 2.62 bits per heavy atom. The number of esters is 1. The second kappa shape index (κ2) is 8.57. The Bertz CT molecular complexity index is 1170. The van der Waals surface area contributed by atoms with Crippen molar-refractivity contribution in [3.05, 3.63) is 68.0 Å². The third-order valence-corrected chi connectivity index (χ3v) is 5.33. The van der Waals surface area contributed by atoms with Crippen LogP contribution in [-0.2, 0) is 16.1 Å². The van der Waals surface area contributed by atoms with Crippen molar-refractivity contribution in [3.63, 3.8) is 0 Å². The zero-order chi connectivity index (χ0) is 21.1. The van der Waals surface area contributed by atoms with Crippen LogP contribution >= 0.6 is 15.9 Å². The van der Waals surface area contributed by atoms with E-state index in [1.165, 1.54) is 0 Å². The minimum absolute atomic E-state index is 0.157. The molecule has 29 heavy (non-hydrogen) atoms. The number of carbonyl (C=O) groups excluding carboxylic acids is 2. The monoisotopic (exact) mass is 457 g/mol. The number of fused-ring (bicyclic) bond motifs is 1. The van der Waals surface area contributed by atoms with Gasteiger partial charge in [0.05, 0.1) is 16.6 Å². The van der Waals surface area contributed by atoms with Crippen LogP contribution in [0.1, 0.15) is 28.5 Å². The standard InChI is InChI=1S/C21H20BrN3O4/c1-4-25-18-8-5-14(10-17(18)23-13(3)20(25)27)21(28)29-11-19(26)24-15-6-7-16(22)12(2)9-15/h5-10H,4,11H2,1-3H3,(H,24,26). The molecular formula is C21H20BrN3O4. The summed E-state index contributed by atoms with van der Waals surface area (Å²) in [7, 11) is 0. The average Bonchev–Trinajstić information content (AvgIpc) is 2.69. The number of rotatable bonds is 5. The third kappa shape index (κ3) is 4.54. The van der Waals surface area contributed by atoms with Gasteiger partial charge in [0.25, 0.3) is 11.5 Å². The van der Waals surface area contributed by atoms with E-state index in [4.69, 9.17) is 4.74 Å². The normalized spacial score (nSPS) is 10.8. The molecule has 0 radical (unpaired) electrons. The van der Waals surface area contributed by atoms with Gasteiger partial charge in [-0.25, -0.2) is 9.78 Å². The lowest BCUT2D eigenvalue weighted by Crippen LogP contribution is -2.23. The van der Waals surface area contributed by atoms with Crippen molar-refractivity contribution in [1.82, 2.24) is 9.55 Å². The minimum Gasteiger partial charge on any atom is -0.452 e. The molecule has 0 saturated heterocycles. The van der Waals surface area contributed by atoms with Gasteiger partial charge in [0.15, 0.2) is 6.61 Å². The van der Waals surface area contributed by atoms with Gasteiger partial charge in [0.1, 0.15) is 5.69 Å². The molecule has 1 N–H and O–H groups in total. The van der Waals surface area contributed by atoms with Gasteiger partial charge in [-0.1, -0.05) is 15.9 Å². The predicted octanol–water partition coefficient (Wildman–Crippen LogP) is 3.59. The number of amides is 1. The van der Waals surface area contributed by atoms with Crippen LogP contribution in [0.4, 0.5) is 5.69 Å². The zero-order valence-electron chi connectivity index (χ0n) is 16.3. The van der Waals surface area contributed by atoms with Crippen molar-refractivity contribution in [2.24, 2.45) is 0 Å². The van der Waals surface area contributed by atoms with E-state index in [1.54, 1.807) is 35.8 Å². The van der Waals surface area contributed by atoms with Crippen molar-refractivity contribution >= 4 is 44.5 Å². The fraction of sp³-hybridized carbons (Fsp3) is 0.238. The quantitative estimate of drug-likeness (QED) is 0.591. The molecule has 0 atom stereocenters. The van der Waals surface area contributed by atoms with Gasteiger partial charge in [-0.15, -0.1) is 0 Å². The van der Waals surface area contributed by atoms with Gasteiger partial charge >= 0.3 is 5.97 Å². The maximum absolute atomic E-state index is 12.3.